The van der Waals surface area contributed by atoms with E-state index in [1.54, 1.807) is 24.4 Å². The van der Waals surface area contributed by atoms with Crippen molar-refractivity contribution in [3.8, 4) is 17.2 Å². The van der Waals surface area contributed by atoms with Gasteiger partial charge in [0.2, 0.25) is 0 Å². The van der Waals surface area contributed by atoms with Crippen LogP contribution in [-0.2, 0) is 0 Å². The van der Waals surface area contributed by atoms with Gasteiger partial charge in [-0.2, -0.15) is 5.10 Å². The molecule has 0 atom stereocenters. The Kier molecular flexibility index (Phi) is 7.47. The van der Waals surface area contributed by atoms with Gasteiger partial charge in [-0.3, -0.25) is 4.79 Å². The fourth-order valence-corrected chi connectivity index (χ4v) is 2.59. The predicted molar refractivity (Wildman–Crippen MR) is 105 cm³/mol. The Hall–Kier alpha value is -2.54. The molecule has 0 aliphatic heterocycles. The van der Waals surface area contributed by atoms with Gasteiger partial charge in [0.15, 0.2) is 11.5 Å². The van der Waals surface area contributed by atoms with Crippen molar-refractivity contribution in [1.29, 1.82) is 0 Å². The first-order valence-corrected chi connectivity index (χ1v) is 8.94. The molecule has 7 heteroatoms. The minimum absolute atomic E-state index is 0.351. The van der Waals surface area contributed by atoms with E-state index in [1.807, 2.05) is 32.0 Å². The van der Waals surface area contributed by atoms with Gasteiger partial charge in [-0.25, -0.2) is 5.43 Å². The number of benzene rings is 2. The van der Waals surface area contributed by atoms with Crippen LogP contribution in [0.5, 0.6) is 17.2 Å². The largest absolute Gasteiger partial charge is 0.493 e. The summed E-state index contributed by atoms with van der Waals surface area (Å²) in [6.45, 7) is 4.85. The highest BCUT2D eigenvalue weighted by Gasteiger charge is 2.10. The second-order valence-electron chi connectivity index (χ2n) is 5.11. The van der Waals surface area contributed by atoms with Gasteiger partial charge in [-0.1, -0.05) is 15.9 Å². The molecule has 0 bridgehead atoms. The number of carbonyl (C=O) groups is 1. The summed E-state index contributed by atoms with van der Waals surface area (Å²) in [5, 5.41) is 4.02. The summed E-state index contributed by atoms with van der Waals surface area (Å²) >= 11 is 3.41. The number of halogens is 1. The van der Waals surface area contributed by atoms with Crippen molar-refractivity contribution in [1.82, 2.24) is 5.43 Å². The Morgan fingerprint density at radius 2 is 1.77 bits per heavy atom. The Bertz CT molecular complexity index is 793. The Labute approximate surface area is 161 Å². The van der Waals surface area contributed by atoms with Gasteiger partial charge in [0, 0.05) is 15.6 Å². The van der Waals surface area contributed by atoms with Gasteiger partial charge < -0.3 is 14.2 Å². The van der Waals surface area contributed by atoms with Gasteiger partial charge in [0.25, 0.3) is 5.91 Å². The first-order valence-electron chi connectivity index (χ1n) is 8.15. The molecular weight excluding hydrogens is 400 g/mol. The lowest BCUT2D eigenvalue weighted by atomic mass is 10.2. The van der Waals surface area contributed by atoms with E-state index in [9.17, 15) is 4.79 Å². The standard InChI is InChI=1S/C19H21BrN2O4/c1-4-25-16-9-7-15(20)10-14(16)12-21-22-19(23)13-6-8-17(26-5-2)18(11-13)24-3/h6-12H,4-5H2,1-3H3,(H,22,23)/b21-12+. The summed E-state index contributed by atoms with van der Waals surface area (Å²) < 4.78 is 17.1. The summed E-state index contributed by atoms with van der Waals surface area (Å²) in [6.07, 6.45) is 1.54. The molecule has 2 rings (SSSR count). The Morgan fingerprint density at radius 1 is 1.08 bits per heavy atom. The molecule has 0 saturated heterocycles. The van der Waals surface area contributed by atoms with Crippen molar-refractivity contribution >= 4 is 28.1 Å². The van der Waals surface area contributed by atoms with Gasteiger partial charge in [0.05, 0.1) is 26.5 Å². The van der Waals surface area contributed by atoms with Crippen LogP contribution in [0.2, 0.25) is 0 Å². The van der Waals surface area contributed by atoms with Crippen LogP contribution in [-0.4, -0.2) is 32.4 Å². The molecule has 0 unspecified atom stereocenters. The third-order valence-electron chi connectivity index (χ3n) is 3.37. The van der Waals surface area contributed by atoms with Gasteiger partial charge in [-0.15, -0.1) is 0 Å². The molecule has 6 nitrogen and oxygen atoms in total. The fraction of sp³-hybridized carbons (Fsp3) is 0.263. The molecule has 0 spiro atoms. The van der Waals surface area contributed by atoms with E-state index >= 15 is 0 Å². The third-order valence-corrected chi connectivity index (χ3v) is 3.86. The number of hydrogen-bond donors (Lipinski definition) is 1. The van der Waals surface area contributed by atoms with E-state index in [1.165, 1.54) is 7.11 Å². The van der Waals surface area contributed by atoms with Crippen LogP contribution < -0.4 is 19.6 Å². The summed E-state index contributed by atoms with van der Waals surface area (Å²) in [4.78, 5) is 12.3. The lowest BCUT2D eigenvalue weighted by Gasteiger charge is -2.10. The second-order valence-corrected chi connectivity index (χ2v) is 6.03. The van der Waals surface area contributed by atoms with E-state index in [0.717, 1.165) is 10.0 Å². The molecule has 0 aliphatic carbocycles. The highest BCUT2D eigenvalue weighted by molar-refractivity contribution is 9.10. The first-order chi connectivity index (χ1) is 12.6. The van der Waals surface area contributed by atoms with E-state index in [2.05, 4.69) is 26.5 Å². The zero-order chi connectivity index (χ0) is 18.9. The Morgan fingerprint density at radius 3 is 2.46 bits per heavy atom. The van der Waals surface area contributed by atoms with Crippen LogP contribution in [0.15, 0.2) is 46.0 Å². The minimum atomic E-state index is -0.351. The topological polar surface area (TPSA) is 69.2 Å². The minimum Gasteiger partial charge on any atom is -0.493 e. The smallest absolute Gasteiger partial charge is 0.271 e. The maximum absolute atomic E-state index is 12.3. The number of nitrogens with zero attached hydrogens (tertiary/aromatic N) is 1. The number of hydrogen-bond acceptors (Lipinski definition) is 5. The zero-order valence-electron chi connectivity index (χ0n) is 14.9. The van der Waals surface area contributed by atoms with Crippen molar-refractivity contribution in [2.24, 2.45) is 5.10 Å². The predicted octanol–water partition coefficient (Wildman–Crippen LogP) is 4.02. The number of rotatable bonds is 8. The van der Waals surface area contributed by atoms with Crippen molar-refractivity contribution in [2.45, 2.75) is 13.8 Å². The molecule has 1 N–H and O–H groups in total. The Balaban J connectivity index is 2.11. The number of hydrazone groups is 1. The summed E-state index contributed by atoms with van der Waals surface area (Å²) in [5.41, 5.74) is 3.68. The van der Waals surface area contributed by atoms with Gasteiger partial charge in [-0.05, 0) is 50.2 Å². The fourth-order valence-electron chi connectivity index (χ4n) is 2.22. The van der Waals surface area contributed by atoms with Crippen LogP contribution >= 0.6 is 15.9 Å². The molecule has 0 aliphatic rings. The maximum atomic E-state index is 12.3. The summed E-state index contributed by atoms with van der Waals surface area (Å²) in [7, 11) is 1.53. The molecule has 0 fully saturated rings. The molecular formula is C19H21BrN2O4. The third kappa shape index (κ3) is 5.23. The van der Waals surface area contributed by atoms with E-state index in [0.29, 0.717) is 36.0 Å². The first kappa shape index (κ1) is 19.8. The average Bonchev–Trinajstić information content (AvgIpc) is 2.64. The summed E-state index contributed by atoms with van der Waals surface area (Å²) in [5.74, 6) is 1.42. The van der Waals surface area contributed by atoms with Crippen LogP contribution in [0.3, 0.4) is 0 Å². The van der Waals surface area contributed by atoms with Gasteiger partial charge in [0.1, 0.15) is 5.75 Å². The number of nitrogens with one attached hydrogen (secondary N) is 1. The number of ether oxygens (including phenoxy) is 3. The lowest BCUT2D eigenvalue weighted by molar-refractivity contribution is 0.0954. The molecule has 1 amide bonds. The van der Waals surface area contributed by atoms with Crippen LogP contribution in [0.4, 0.5) is 0 Å². The molecule has 2 aromatic rings. The normalized spacial score (nSPS) is 10.6. The zero-order valence-corrected chi connectivity index (χ0v) is 16.5. The van der Waals surface area contributed by atoms with Crippen LogP contribution in [0, 0.1) is 0 Å². The van der Waals surface area contributed by atoms with Crippen molar-refractivity contribution < 1.29 is 19.0 Å². The van der Waals surface area contributed by atoms with E-state index in [-0.39, 0.29) is 5.91 Å². The molecule has 2 aromatic carbocycles. The van der Waals surface area contributed by atoms with Crippen molar-refractivity contribution in [2.75, 3.05) is 20.3 Å². The molecule has 0 aromatic heterocycles. The SMILES string of the molecule is CCOc1ccc(Br)cc1/C=N/NC(=O)c1ccc(OCC)c(OC)c1. The van der Waals surface area contributed by atoms with Gasteiger partial charge >= 0.3 is 0 Å². The molecule has 26 heavy (non-hydrogen) atoms. The van der Waals surface area contributed by atoms with Crippen LogP contribution in [0.1, 0.15) is 29.8 Å². The molecule has 138 valence electrons. The summed E-state index contributed by atoms with van der Waals surface area (Å²) in [6, 6.07) is 10.5. The number of amides is 1. The molecule has 0 saturated carbocycles. The van der Waals surface area contributed by atoms with E-state index in [4.69, 9.17) is 14.2 Å². The average molecular weight is 421 g/mol. The van der Waals surface area contributed by atoms with Crippen molar-refractivity contribution in [3.63, 3.8) is 0 Å². The highest BCUT2D eigenvalue weighted by Crippen LogP contribution is 2.28. The monoisotopic (exact) mass is 420 g/mol. The van der Waals surface area contributed by atoms with Crippen LogP contribution in [0.25, 0.3) is 0 Å². The molecule has 0 heterocycles. The molecule has 0 radical (unpaired) electrons. The number of carbonyl (C=O) groups excluding carboxylic acids is 1. The van der Waals surface area contributed by atoms with E-state index < -0.39 is 0 Å². The second kappa shape index (κ2) is 9.82. The van der Waals surface area contributed by atoms with Crippen molar-refractivity contribution in [3.05, 3.63) is 52.0 Å². The lowest BCUT2D eigenvalue weighted by Crippen LogP contribution is -2.17. The number of methoxy groups -OCH3 is 1. The highest BCUT2D eigenvalue weighted by atomic mass is 79.9. The maximum Gasteiger partial charge on any atom is 0.271 e. The quantitative estimate of drug-likeness (QED) is 0.517.